The maximum atomic E-state index is 2.48. The zero-order valence-electron chi connectivity index (χ0n) is 10.8. The molecule has 0 saturated carbocycles. The van der Waals surface area contributed by atoms with Gasteiger partial charge in [0.15, 0.2) is 0 Å². The molecule has 0 aromatic heterocycles. The number of hydrogen-bond donors (Lipinski definition) is 0. The van der Waals surface area contributed by atoms with E-state index in [1.54, 1.807) is 0 Å². The smallest absolute Gasteiger partial charge is 0.0366 e. The summed E-state index contributed by atoms with van der Waals surface area (Å²) >= 11 is 0. The van der Waals surface area contributed by atoms with Gasteiger partial charge in [0.05, 0.1) is 0 Å². The molecule has 0 amide bonds. The molecule has 0 bridgehead atoms. The van der Waals surface area contributed by atoms with Crippen LogP contribution in [0.1, 0.15) is 19.3 Å². The molecule has 0 N–H and O–H groups in total. The highest BCUT2D eigenvalue weighted by Crippen LogP contribution is 2.18. The van der Waals surface area contributed by atoms with E-state index in [1.807, 2.05) is 36.4 Å². The Hall–Kier alpha value is -1.76. The second-order valence-electron chi connectivity index (χ2n) is 4.54. The number of rotatable bonds is 1. The third kappa shape index (κ3) is 4.25. The highest BCUT2D eigenvalue weighted by Gasteiger charge is 2.09. The monoisotopic (exact) mass is 239 g/mol. The molecule has 2 aromatic rings. The van der Waals surface area contributed by atoms with Gasteiger partial charge in [0, 0.05) is 18.8 Å². The lowest BCUT2D eigenvalue weighted by atomic mass is 10.1. The van der Waals surface area contributed by atoms with E-state index in [4.69, 9.17) is 0 Å². The van der Waals surface area contributed by atoms with E-state index >= 15 is 0 Å². The van der Waals surface area contributed by atoms with Crippen LogP contribution in [-0.2, 0) is 0 Å². The van der Waals surface area contributed by atoms with Crippen LogP contribution in [0.5, 0.6) is 0 Å². The van der Waals surface area contributed by atoms with Crippen molar-refractivity contribution in [3.8, 4) is 0 Å². The molecule has 1 heterocycles. The van der Waals surface area contributed by atoms with Crippen molar-refractivity contribution in [1.82, 2.24) is 0 Å². The number of anilines is 1. The molecule has 0 atom stereocenters. The lowest BCUT2D eigenvalue weighted by molar-refractivity contribution is 0.578. The Balaban J connectivity index is 0.000000169. The zero-order valence-corrected chi connectivity index (χ0v) is 10.8. The molecule has 1 saturated heterocycles. The van der Waals surface area contributed by atoms with Crippen molar-refractivity contribution in [2.45, 2.75) is 19.3 Å². The number of para-hydroxylation sites is 1. The van der Waals surface area contributed by atoms with Crippen LogP contribution in [0.2, 0.25) is 0 Å². The predicted molar refractivity (Wildman–Crippen MR) is 78.9 cm³/mol. The first-order valence-electron chi connectivity index (χ1n) is 6.77. The van der Waals surface area contributed by atoms with Crippen molar-refractivity contribution in [3.05, 3.63) is 66.7 Å². The molecule has 1 heteroatoms. The fraction of sp³-hybridized carbons (Fsp3) is 0.294. The first kappa shape index (κ1) is 12.7. The molecule has 1 aliphatic rings. The molecule has 18 heavy (non-hydrogen) atoms. The fourth-order valence-corrected chi connectivity index (χ4v) is 2.18. The third-order valence-electron chi connectivity index (χ3n) is 3.14. The van der Waals surface area contributed by atoms with Gasteiger partial charge in [-0.3, -0.25) is 0 Å². The molecule has 3 rings (SSSR count). The van der Waals surface area contributed by atoms with Gasteiger partial charge in [-0.15, -0.1) is 0 Å². The first-order valence-corrected chi connectivity index (χ1v) is 6.77. The molecule has 0 aliphatic carbocycles. The molecule has 1 aliphatic heterocycles. The molecule has 1 nitrogen and oxygen atoms in total. The Bertz CT molecular complexity index is 377. The summed E-state index contributed by atoms with van der Waals surface area (Å²) in [5, 5.41) is 0. The van der Waals surface area contributed by atoms with Gasteiger partial charge in [0.1, 0.15) is 0 Å². The van der Waals surface area contributed by atoms with E-state index in [0.29, 0.717) is 0 Å². The third-order valence-corrected chi connectivity index (χ3v) is 3.14. The molecule has 0 radical (unpaired) electrons. The Morgan fingerprint density at radius 1 is 0.556 bits per heavy atom. The summed E-state index contributed by atoms with van der Waals surface area (Å²) in [5.74, 6) is 0. The number of piperidine rings is 1. The second kappa shape index (κ2) is 7.54. The van der Waals surface area contributed by atoms with Gasteiger partial charge >= 0.3 is 0 Å². The average molecular weight is 239 g/mol. The maximum absolute atomic E-state index is 2.48. The molecule has 94 valence electrons. The largest absolute Gasteiger partial charge is 0.372 e. The van der Waals surface area contributed by atoms with Crippen molar-refractivity contribution in [1.29, 1.82) is 0 Å². The van der Waals surface area contributed by atoms with Crippen LogP contribution in [0.3, 0.4) is 0 Å². The average Bonchev–Trinajstić information content (AvgIpc) is 2.51. The standard InChI is InChI=1S/C11H15N.C6H6/c1-3-7-11(8-4-1)12-9-5-2-6-10-12;1-2-4-6-5-3-1/h1,3-4,7-8H,2,5-6,9-10H2;1-6H. The van der Waals surface area contributed by atoms with Gasteiger partial charge in [-0.05, 0) is 31.4 Å². The van der Waals surface area contributed by atoms with Crippen LogP contribution in [0.4, 0.5) is 5.69 Å². The Morgan fingerprint density at radius 2 is 1.00 bits per heavy atom. The number of benzene rings is 2. The van der Waals surface area contributed by atoms with Crippen LogP contribution in [0, 0.1) is 0 Å². The summed E-state index contributed by atoms with van der Waals surface area (Å²) in [6.45, 7) is 2.48. The molecule has 2 aromatic carbocycles. The number of hydrogen-bond acceptors (Lipinski definition) is 1. The SMILES string of the molecule is c1ccc(N2CCCCC2)cc1.c1ccccc1. The Kier molecular flexibility index (Phi) is 5.32. The van der Waals surface area contributed by atoms with Crippen LogP contribution in [-0.4, -0.2) is 13.1 Å². The minimum atomic E-state index is 1.24. The van der Waals surface area contributed by atoms with E-state index < -0.39 is 0 Å². The van der Waals surface area contributed by atoms with Crippen molar-refractivity contribution < 1.29 is 0 Å². The second-order valence-corrected chi connectivity index (χ2v) is 4.54. The minimum Gasteiger partial charge on any atom is -0.372 e. The zero-order chi connectivity index (χ0) is 12.5. The predicted octanol–water partition coefficient (Wildman–Crippen LogP) is 4.36. The van der Waals surface area contributed by atoms with Gasteiger partial charge in [0.25, 0.3) is 0 Å². The van der Waals surface area contributed by atoms with Crippen molar-refractivity contribution in [2.75, 3.05) is 18.0 Å². The van der Waals surface area contributed by atoms with E-state index in [1.165, 1.54) is 38.0 Å². The number of nitrogens with zero attached hydrogens (tertiary/aromatic N) is 1. The van der Waals surface area contributed by atoms with Crippen molar-refractivity contribution >= 4 is 5.69 Å². The molecule has 0 spiro atoms. The van der Waals surface area contributed by atoms with Crippen LogP contribution < -0.4 is 4.90 Å². The Labute approximate surface area is 110 Å². The van der Waals surface area contributed by atoms with Gasteiger partial charge in [-0.2, -0.15) is 0 Å². The van der Waals surface area contributed by atoms with E-state index in [9.17, 15) is 0 Å². The van der Waals surface area contributed by atoms with Gasteiger partial charge in [0.2, 0.25) is 0 Å². The Morgan fingerprint density at radius 3 is 1.50 bits per heavy atom. The summed E-state index contributed by atoms with van der Waals surface area (Å²) < 4.78 is 0. The quantitative estimate of drug-likeness (QED) is 0.714. The van der Waals surface area contributed by atoms with Crippen molar-refractivity contribution in [2.24, 2.45) is 0 Å². The highest BCUT2D eigenvalue weighted by atomic mass is 15.1. The molecular weight excluding hydrogens is 218 g/mol. The fourth-order valence-electron chi connectivity index (χ4n) is 2.18. The molecular formula is C17H21N. The van der Waals surface area contributed by atoms with Crippen molar-refractivity contribution in [3.63, 3.8) is 0 Å². The van der Waals surface area contributed by atoms with Crippen LogP contribution >= 0.6 is 0 Å². The topological polar surface area (TPSA) is 3.24 Å². The minimum absolute atomic E-state index is 1.24. The van der Waals surface area contributed by atoms with Crippen LogP contribution in [0.15, 0.2) is 66.7 Å². The summed E-state index contributed by atoms with van der Waals surface area (Å²) in [4.78, 5) is 2.48. The van der Waals surface area contributed by atoms with Gasteiger partial charge < -0.3 is 4.90 Å². The summed E-state index contributed by atoms with van der Waals surface area (Å²) in [6.07, 6.45) is 4.12. The highest BCUT2D eigenvalue weighted by molar-refractivity contribution is 5.46. The lowest BCUT2D eigenvalue weighted by Crippen LogP contribution is -2.29. The summed E-state index contributed by atoms with van der Waals surface area (Å²) in [7, 11) is 0. The van der Waals surface area contributed by atoms with Gasteiger partial charge in [-0.25, -0.2) is 0 Å². The molecule has 0 unspecified atom stereocenters. The lowest BCUT2D eigenvalue weighted by Gasteiger charge is -2.28. The molecule has 1 fully saturated rings. The normalized spacial score (nSPS) is 14.6. The summed E-state index contributed by atoms with van der Waals surface area (Å²) in [6, 6.07) is 22.7. The van der Waals surface area contributed by atoms with E-state index in [0.717, 1.165) is 0 Å². The van der Waals surface area contributed by atoms with E-state index in [-0.39, 0.29) is 0 Å². The maximum Gasteiger partial charge on any atom is 0.0366 e. The summed E-state index contributed by atoms with van der Waals surface area (Å²) in [5.41, 5.74) is 1.39. The van der Waals surface area contributed by atoms with E-state index in [2.05, 4.69) is 35.2 Å². The van der Waals surface area contributed by atoms with Gasteiger partial charge in [-0.1, -0.05) is 54.6 Å². The first-order chi connectivity index (χ1) is 8.97. The van der Waals surface area contributed by atoms with Crippen LogP contribution in [0.25, 0.3) is 0 Å².